The number of carbonyl (C=O) groups excluding carboxylic acids is 4. The fourth-order valence-corrected chi connectivity index (χ4v) is 6.27. The predicted molar refractivity (Wildman–Crippen MR) is 157 cm³/mol. The standard InChI is InChI=1S/C32H36O15/c1-11-19(8-15-23(26(11)36)29(39)24-17(34)7-16(32(40)42-6)28(38)25(24)27(15)37)46-22-10-20(31(13(3)44-22)45-14(4)33)47-21-9-18(35)30(41-5)12(2)43-21/h7-8,12-13,18,20-22,30-31,34-36,38H,9-10H2,1-6H3/t12-,13-,18-,20-,21-,22+,30+,31+/m1/s1. The fraction of sp³-hybridized carbons (Fsp3) is 0.500. The van der Waals surface area contributed by atoms with E-state index in [0.717, 1.165) is 13.2 Å². The van der Waals surface area contributed by atoms with Gasteiger partial charge in [-0.15, -0.1) is 0 Å². The van der Waals surface area contributed by atoms with Crippen LogP contribution in [0, 0.1) is 6.92 Å². The van der Waals surface area contributed by atoms with Crippen molar-refractivity contribution in [1.29, 1.82) is 0 Å². The molecule has 0 spiro atoms. The Labute approximate surface area is 268 Å². The number of aliphatic hydroxyl groups excluding tert-OH is 1. The summed E-state index contributed by atoms with van der Waals surface area (Å²) in [4.78, 5) is 51.3. The van der Waals surface area contributed by atoms with E-state index in [1.807, 2.05) is 0 Å². The zero-order valence-corrected chi connectivity index (χ0v) is 26.5. The highest BCUT2D eigenvalue weighted by Gasteiger charge is 2.45. The van der Waals surface area contributed by atoms with Gasteiger partial charge in [0.15, 0.2) is 18.2 Å². The van der Waals surface area contributed by atoms with Crippen LogP contribution >= 0.6 is 0 Å². The molecule has 47 heavy (non-hydrogen) atoms. The SMILES string of the molecule is COC(=O)c1cc(O)c2c(c1O)C(=O)c1cc(O[C@H]3C[C@@H](O[C@@H]4C[C@@H](O)[C@@H](OC)[C@@H](C)O4)[C@@H](OC(C)=O)[C@@H](C)O3)c(C)c(O)c1C2=O. The lowest BCUT2D eigenvalue weighted by Gasteiger charge is -2.43. The van der Waals surface area contributed by atoms with Crippen LogP contribution in [0.5, 0.6) is 23.0 Å². The van der Waals surface area contributed by atoms with Crippen molar-refractivity contribution in [3.05, 3.63) is 45.5 Å². The molecule has 0 aromatic heterocycles. The summed E-state index contributed by atoms with van der Waals surface area (Å²) in [6.07, 6.45) is -6.44. The van der Waals surface area contributed by atoms with Gasteiger partial charge in [-0.05, 0) is 32.9 Å². The molecule has 0 bridgehead atoms. The summed E-state index contributed by atoms with van der Waals surface area (Å²) in [5.74, 6) is -5.91. The summed E-state index contributed by atoms with van der Waals surface area (Å²) in [7, 11) is 2.49. The maximum absolute atomic E-state index is 13.7. The Morgan fingerprint density at radius 1 is 0.872 bits per heavy atom. The second-order valence-electron chi connectivity index (χ2n) is 11.6. The number of hydrogen-bond donors (Lipinski definition) is 4. The molecule has 2 fully saturated rings. The molecule has 1 aliphatic carbocycles. The summed E-state index contributed by atoms with van der Waals surface area (Å²) >= 11 is 0. The largest absolute Gasteiger partial charge is 0.507 e. The van der Waals surface area contributed by atoms with E-state index in [9.17, 15) is 39.6 Å². The van der Waals surface area contributed by atoms with Gasteiger partial charge in [0.2, 0.25) is 12.1 Å². The molecule has 4 N–H and O–H groups in total. The number of aliphatic hydroxyl groups is 1. The summed E-state index contributed by atoms with van der Waals surface area (Å²) in [5.41, 5.74) is -2.51. The topological polar surface area (TPSA) is 214 Å². The van der Waals surface area contributed by atoms with Gasteiger partial charge >= 0.3 is 11.9 Å². The van der Waals surface area contributed by atoms with Crippen LogP contribution in [0.15, 0.2) is 12.1 Å². The van der Waals surface area contributed by atoms with Crippen molar-refractivity contribution in [2.24, 2.45) is 0 Å². The van der Waals surface area contributed by atoms with Gasteiger partial charge in [0.1, 0.15) is 40.8 Å². The first kappa shape index (κ1) is 34.1. The van der Waals surface area contributed by atoms with Gasteiger partial charge in [-0.25, -0.2) is 4.79 Å². The number of ether oxygens (including phenoxy) is 7. The van der Waals surface area contributed by atoms with Crippen LogP contribution in [0.3, 0.4) is 0 Å². The fourth-order valence-electron chi connectivity index (χ4n) is 6.27. The van der Waals surface area contributed by atoms with Crippen LogP contribution in [0.1, 0.15) is 81.4 Å². The van der Waals surface area contributed by atoms with Crippen LogP contribution < -0.4 is 4.74 Å². The summed E-state index contributed by atoms with van der Waals surface area (Å²) in [6.45, 7) is 6.02. The summed E-state index contributed by atoms with van der Waals surface area (Å²) in [6, 6.07) is 1.99. The van der Waals surface area contributed by atoms with Crippen LogP contribution in [0.25, 0.3) is 0 Å². The Morgan fingerprint density at radius 2 is 1.53 bits per heavy atom. The highest BCUT2D eigenvalue weighted by atomic mass is 16.7. The lowest BCUT2D eigenvalue weighted by Crippen LogP contribution is -2.55. The zero-order chi connectivity index (χ0) is 34.5. The van der Waals surface area contributed by atoms with E-state index in [-0.39, 0.29) is 29.7 Å². The molecule has 8 atom stereocenters. The lowest BCUT2D eigenvalue weighted by atomic mass is 9.80. The van der Waals surface area contributed by atoms with Crippen molar-refractivity contribution in [2.75, 3.05) is 14.2 Å². The molecule has 2 saturated heterocycles. The molecule has 0 unspecified atom stereocenters. The number of fused-ring (bicyclic) bond motifs is 2. The van der Waals surface area contributed by atoms with Gasteiger partial charge in [-0.3, -0.25) is 14.4 Å². The Hall–Kier alpha value is -4.28. The maximum Gasteiger partial charge on any atom is 0.341 e. The third-order valence-corrected chi connectivity index (χ3v) is 8.54. The number of ketones is 2. The number of carbonyl (C=O) groups is 4. The number of phenolic OH excluding ortho intramolecular Hbond substituents is 3. The summed E-state index contributed by atoms with van der Waals surface area (Å²) in [5, 5.41) is 43.0. The highest BCUT2D eigenvalue weighted by molar-refractivity contribution is 6.32. The molecule has 3 aliphatic rings. The van der Waals surface area contributed by atoms with Gasteiger partial charge in [0, 0.05) is 38.0 Å². The minimum Gasteiger partial charge on any atom is -0.507 e. The number of methoxy groups -OCH3 is 2. The van der Waals surface area contributed by atoms with Crippen molar-refractivity contribution in [3.63, 3.8) is 0 Å². The molecule has 0 saturated carbocycles. The van der Waals surface area contributed by atoms with E-state index in [2.05, 4.69) is 4.74 Å². The Kier molecular flexibility index (Phi) is 9.48. The average molecular weight is 661 g/mol. The number of rotatable bonds is 7. The molecule has 2 aromatic carbocycles. The number of benzene rings is 2. The molecule has 2 aliphatic heterocycles. The van der Waals surface area contributed by atoms with E-state index in [4.69, 9.17) is 28.4 Å². The number of esters is 2. The molecule has 254 valence electrons. The Morgan fingerprint density at radius 3 is 2.15 bits per heavy atom. The Bertz CT molecular complexity index is 1600. The van der Waals surface area contributed by atoms with Crippen LogP contribution in [-0.2, 0) is 33.2 Å². The van der Waals surface area contributed by atoms with Crippen LogP contribution in [-0.4, -0.2) is 107 Å². The normalized spacial score (nSPS) is 28.7. The number of aromatic hydroxyl groups is 3. The second kappa shape index (κ2) is 13.1. The first-order chi connectivity index (χ1) is 22.2. The zero-order valence-electron chi connectivity index (χ0n) is 26.5. The van der Waals surface area contributed by atoms with E-state index < -0.39 is 112 Å². The Balaban J connectivity index is 1.46. The van der Waals surface area contributed by atoms with E-state index in [1.165, 1.54) is 27.0 Å². The van der Waals surface area contributed by atoms with Gasteiger partial charge in [0.25, 0.3) is 0 Å². The first-order valence-electron chi connectivity index (χ1n) is 14.8. The van der Waals surface area contributed by atoms with Crippen LogP contribution in [0.4, 0.5) is 0 Å². The van der Waals surface area contributed by atoms with Crippen molar-refractivity contribution in [2.45, 2.75) is 89.7 Å². The van der Waals surface area contributed by atoms with Gasteiger partial charge in [-0.1, -0.05) is 0 Å². The molecule has 5 rings (SSSR count). The average Bonchev–Trinajstić information content (AvgIpc) is 3.00. The predicted octanol–water partition coefficient (Wildman–Crippen LogP) is 2.02. The van der Waals surface area contributed by atoms with Gasteiger partial charge < -0.3 is 53.6 Å². The molecule has 2 aromatic rings. The third-order valence-electron chi connectivity index (χ3n) is 8.54. The van der Waals surface area contributed by atoms with E-state index >= 15 is 0 Å². The van der Waals surface area contributed by atoms with Crippen LogP contribution in [0.2, 0.25) is 0 Å². The molecule has 0 radical (unpaired) electrons. The second-order valence-corrected chi connectivity index (χ2v) is 11.6. The van der Waals surface area contributed by atoms with Crippen molar-refractivity contribution in [1.82, 2.24) is 0 Å². The molecule has 2 heterocycles. The van der Waals surface area contributed by atoms with Crippen molar-refractivity contribution in [3.8, 4) is 23.0 Å². The molecular formula is C32H36O15. The number of phenols is 3. The van der Waals surface area contributed by atoms with E-state index in [0.29, 0.717) is 0 Å². The highest BCUT2D eigenvalue weighted by Crippen LogP contribution is 2.45. The van der Waals surface area contributed by atoms with Crippen molar-refractivity contribution >= 4 is 23.5 Å². The molecule has 15 heteroatoms. The quantitative estimate of drug-likeness (QED) is 0.211. The maximum atomic E-state index is 13.7. The smallest absolute Gasteiger partial charge is 0.341 e. The first-order valence-corrected chi connectivity index (χ1v) is 14.8. The molecule has 15 nitrogen and oxygen atoms in total. The number of hydrogen-bond acceptors (Lipinski definition) is 15. The molecule has 0 amide bonds. The monoisotopic (exact) mass is 660 g/mol. The van der Waals surface area contributed by atoms with Crippen molar-refractivity contribution < 1.29 is 72.8 Å². The minimum absolute atomic E-state index is 0.0372. The molecular weight excluding hydrogens is 624 g/mol. The lowest BCUT2D eigenvalue weighted by molar-refractivity contribution is -0.301. The minimum atomic E-state index is -1.10. The van der Waals surface area contributed by atoms with E-state index in [1.54, 1.807) is 13.8 Å². The summed E-state index contributed by atoms with van der Waals surface area (Å²) < 4.78 is 39.6. The van der Waals surface area contributed by atoms with Gasteiger partial charge in [-0.2, -0.15) is 0 Å². The third kappa shape index (κ3) is 6.12. The van der Waals surface area contributed by atoms with Gasteiger partial charge in [0.05, 0.1) is 42.1 Å².